The number of rotatable bonds is 3. The molecular formula is C14H20N2. The molecule has 1 heterocycles. The quantitative estimate of drug-likeness (QED) is 0.834. The van der Waals surface area contributed by atoms with Crippen LogP contribution in [0.3, 0.4) is 0 Å². The Kier molecular flexibility index (Phi) is 2.30. The molecule has 2 aliphatic rings. The van der Waals surface area contributed by atoms with Gasteiger partial charge in [-0.1, -0.05) is 29.8 Å². The van der Waals surface area contributed by atoms with Gasteiger partial charge in [0.05, 0.1) is 0 Å². The maximum Gasteiger partial charge on any atom is 0.0234 e. The second-order valence-corrected chi connectivity index (χ2v) is 5.62. The first-order valence-electron chi connectivity index (χ1n) is 6.20. The zero-order valence-corrected chi connectivity index (χ0v) is 9.95. The Morgan fingerprint density at radius 2 is 2.12 bits per heavy atom. The lowest BCUT2D eigenvalue weighted by molar-refractivity contribution is 0.274. The van der Waals surface area contributed by atoms with Gasteiger partial charge in [0.1, 0.15) is 0 Å². The van der Waals surface area contributed by atoms with Crippen molar-refractivity contribution in [3.8, 4) is 0 Å². The molecule has 1 saturated carbocycles. The van der Waals surface area contributed by atoms with Gasteiger partial charge in [-0.05, 0) is 36.8 Å². The van der Waals surface area contributed by atoms with Crippen molar-refractivity contribution in [2.75, 3.05) is 19.6 Å². The van der Waals surface area contributed by atoms with E-state index in [1.54, 1.807) is 0 Å². The third-order valence-corrected chi connectivity index (χ3v) is 4.31. The molecule has 2 atom stereocenters. The summed E-state index contributed by atoms with van der Waals surface area (Å²) >= 11 is 0. The van der Waals surface area contributed by atoms with E-state index in [0.717, 1.165) is 19.0 Å². The number of fused-ring (bicyclic) bond motifs is 1. The maximum atomic E-state index is 5.86. The summed E-state index contributed by atoms with van der Waals surface area (Å²) in [5.74, 6) is 0.892. The largest absolute Gasteiger partial charge is 0.330 e. The first-order chi connectivity index (χ1) is 7.72. The van der Waals surface area contributed by atoms with Crippen molar-refractivity contribution < 1.29 is 0 Å². The van der Waals surface area contributed by atoms with E-state index in [2.05, 4.69) is 36.1 Å². The molecule has 1 aliphatic carbocycles. The molecule has 0 radical (unpaired) electrons. The van der Waals surface area contributed by atoms with E-state index in [9.17, 15) is 0 Å². The van der Waals surface area contributed by atoms with E-state index < -0.39 is 0 Å². The van der Waals surface area contributed by atoms with Gasteiger partial charge in [-0.3, -0.25) is 4.90 Å². The van der Waals surface area contributed by atoms with Crippen LogP contribution in [0.15, 0.2) is 24.3 Å². The van der Waals surface area contributed by atoms with E-state index in [4.69, 9.17) is 5.73 Å². The monoisotopic (exact) mass is 216 g/mol. The molecule has 2 heteroatoms. The first-order valence-corrected chi connectivity index (χ1v) is 6.20. The molecule has 0 bridgehead atoms. The highest BCUT2D eigenvalue weighted by Gasteiger charge is 2.58. The van der Waals surface area contributed by atoms with Crippen molar-refractivity contribution in [3.05, 3.63) is 35.4 Å². The van der Waals surface area contributed by atoms with E-state index in [1.807, 2.05) is 0 Å². The Morgan fingerprint density at radius 1 is 1.38 bits per heavy atom. The van der Waals surface area contributed by atoms with E-state index in [0.29, 0.717) is 5.41 Å². The Bertz CT molecular complexity index is 380. The number of aryl methyl sites for hydroxylation is 1. The lowest BCUT2D eigenvalue weighted by atomic mass is 10.1. The molecule has 2 N–H and O–H groups in total. The summed E-state index contributed by atoms with van der Waals surface area (Å²) in [5, 5.41) is 0. The normalized spacial score (nSPS) is 32.8. The molecule has 0 amide bonds. The fourth-order valence-corrected chi connectivity index (χ4v) is 3.09. The van der Waals surface area contributed by atoms with Crippen molar-refractivity contribution in [3.63, 3.8) is 0 Å². The Balaban J connectivity index is 1.63. The molecule has 2 fully saturated rings. The molecule has 0 unspecified atom stereocenters. The molecular weight excluding hydrogens is 196 g/mol. The standard InChI is InChI=1S/C14H20N2/c1-11-2-4-12(5-3-11)7-16-8-13-6-14(13,9-15)10-16/h2-5,13H,6-10,15H2,1H3/t13-,14-/m0/s1. The zero-order chi connectivity index (χ0) is 11.2. The number of piperidine rings is 1. The van der Waals surface area contributed by atoms with Crippen LogP contribution in [0.4, 0.5) is 0 Å². The number of hydrogen-bond donors (Lipinski definition) is 1. The highest BCUT2D eigenvalue weighted by atomic mass is 15.2. The third kappa shape index (κ3) is 1.66. The Labute approximate surface area is 97.4 Å². The first kappa shape index (κ1) is 10.3. The van der Waals surface area contributed by atoms with Crippen LogP contribution in [0.5, 0.6) is 0 Å². The van der Waals surface area contributed by atoms with Gasteiger partial charge in [0.25, 0.3) is 0 Å². The number of nitrogens with zero attached hydrogens (tertiary/aromatic N) is 1. The van der Waals surface area contributed by atoms with Gasteiger partial charge >= 0.3 is 0 Å². The smallest absolute Gasteiger partial charge is 0.0234 e. The fourth-order valence-electron chi connectivity index (χ4n) is 3.09. The number of benzene rings is 1. The molecule has 1 aromatic carbocycles. The lowest BCUT2D eigenvalue weighted by Gasteiger charge is -2.20. The predicted octanol–water partition coefficient (Wildman–Crippen LogP) is 1.78. The van der Waals surface area contributed by atoms with Crippen molar-refractivity contribution in [1.29, 1.82) is 0 Å². The molecule has 1 aromatic rings. The number of nitrogens with two attached hydrogens (primary N) is 1. The van der Waals surface area contributed by atoms with E-state index in [1.165, 1.54) is 30.6 Å². The maximum absolute atomic E-state index is 5.86. The molecule has 2 nitrogen and oxygen atoms in total. The van der Waals surface area contributed by atoms with Crippen LogP contribution >= 0.6 is 0 Å². The second-order valence-electron chi connectivity index (χ2n) is 5.62. The summed E-state index contributed by atoms with van der Waals surface area (Å²) in [6.45, 7) is 6.58. The van der Waals surface area contributed by atoms with Gasteiger partial charge in [-0.15, -0.1) is 0 Å². The Morgan fingerprint density at radius 3 is 2.75 bits per heavy atom. The SMILES string of the molecule is Cc1ccc(CN2C[C@@H]3C[C@]3(CN)C2)cc1. The minimum atomic E-state index is 0.505. The van der Waals surface area contributed by atoms with E-state index >= 15 is 0 Å². The summed E-state index contributed by atoms with van der Waals surface area (Å²) < 4.78 is 0. The number of likely N-dealkylation sites (tertiary alicyclic amines) is 1. The summed E-state index contributed by atoms with van der Waals surface area (Å²) in [6.07, 6.45) is 1.37. The van der Waals surface area contributed by atoms with Crippen molar-refractivity contribution in [2.24, 2.45) is 17.1 Å². The molecule has 0 aromatic heterocycles. The van der Waals surface area contributed by atoms with Crippen LogP contribution in [0.1, 0.15) is 17.5 Å². The van der Waals surface area contributed by atoms with Gasteiger partial charge in [0.2, 0.25) is 0 Å². The average molecular weight is 216 g/mol. The molecule has 1 aliphatic heterocycles. The van der Waals surface area contributed by atoms with Gasteiger partial charge in [0, 0.05) is 19.6 Å². The average Bonchev–Trinajstić information content (AvgIpc) is 2.86. The van der Waals surface area contributed by atoms with Crippen LogP contribution in [0, 0.1) is 18.3 Å². The summed E-state index contributed by atoms with van der Waals surface area (Å²) in [4.78, 5) is 2.56. The molecule has 3 rings (SSSR count). The third-order valence-electron chi connectivity index (χ3n) is 4.31. The predicted molar refractivity (Wildman–Crippen MR) is 66.1 cm³/mol. The second kappa shape index (κ2) is 3.57. The highest BCUT2D eigenvalue weighted by molar-refractivity contribution is 5.22. The minimum Gasteiger partial charge on any atom is -0.330 e. The van der Waals surface area contributed by atoms with Crippen LogP contribution in [0.25, 0.3) is 0 Å². The van der Waals surface area contributed by atoms with Crippen molar-refractivity contribution in [1.82, 2.24) is 4.90 Å². The summed E-state index contributed by atoms with van der Waals surface area (Å²) in [6, 6.07) is 8.89. The molecule has 0 spiro atoms. The van der Waals surface area contributed by atoms with E-state index in [-0.39, 0.29) is 0 Å². The van der Waals surface area contributed by atoms with Crippen LogP contribution < -0.4 is 5.73 Å². The molecule has 1 saturated heterocycles. The van der Waals surface area contributed by atoms with Crippen LogP contribution in [0.2, 0.25) is 0 Å². The van der Waals surface area contributed by atoms with Crippen LogP contribution in [-0.4, -0.2) is 24.5 Å². The Hall–Kier alpha value is -0.860. The van der Waals surface area contributed by atoms with Gasteiger partial charge in [-0.2, -0.15) is 0 Å². The summed E-state index contributed by atoms with van der Waals surface area (Å²) in [5.41, 5.74) is 9.13. The lowest BCUT2D eigenvalue weighted by Crippen LogP contribution is -2.28. The molecule has 86 valence electrons. The topological polar surface area (TPSA) is 29.3 Å². The minimum absolute atomic E-state index is 0.505. The van der Waals surface area contributed by atoms with Gasteiger partial charge in [0.15, 0.2) is 0 Å². The highest BCUT2D eigenvalue weighted by Crippen LogP contribution is 2.57. The zero-order valence-electron chi connectivity index (χ0n) is 9.95. The molecule has 16 heavy (non-hydrogen) atoms. The van der Waals surface area contributed by atoms with Crippen LogP contribution in [-0.2, 0) is 6.54 Å². The van der Waals surface area contributed by atoms with Crippen molar-refractivity contribution >= 4 is 0 Å². The van der Waals surface area contributed by atoms with Gasteiger partial charge in [-0.25, -0.2) is 0 Å². The van der Waals surface area contributed by atoms with Crippen molar-refractivity contribution in [2.45, 2.75) is 19.9 Å². The summed E-state index contributed by atoms with van der Waals surface area (Å²) in [7, 11) is 0. The fraction of sp³-hybridized carbons (Fsp3) is 0.571. The van der Waals surface area contributed by atoms with Gasteiger partial charge < -0.3 is 5.73 Å². The number of hydrogen-bond acceptors (Lipinski definition) is 2.